The number of carbonyl (C=O) groups excluding carboxylic acids is 1. The summed E-state index contributed by atoms with van der Waals surface area (Å²) in [5, 5.41) is 12.4. The van der Waals surface area contributed by atoms with Crippen LogP contribution in [0.5, 0.6) is 0 Å². The van der Waals surface area contributed by atoms with Crippen molar-refractivity contribution in [2.24, 2.45) is 5.92 Å². The minimum absolute atomic E-state index is 0.110. The number of methoxy groups -OCH3 is 1. The van der Waals surface area contributed by atoms with Gasteiger partial charge in [0.05, 0.1) is 18.9 Å². The van der Waals surface area contributed by atoms with Gasteiger partial charge in [-0.05, 0) is 24.0 Å². The number of aliphatic carboxylic acids is 1. The first kappa shape index (κ1) is 18.5. The number of carbonyl (C=O) groups is 2. The minimum Gasteiger partial charge on any atom is -0.481 e. The zero-order chi connectivity index (χ0) is 17.4. The van der Waals surface area contributed by atoms with E-state index in [9.17, 15) is 14.7 Å². The van der Waals surface area contributed by atoms with E-state index in [0.29, 0.717) is 13.0 Å². The first-order valence-electron chi connectivity index (χ1n) is 8.69. The molecule has 0 saturated heterocycles. The van der Waals surface area contributed by atoms with Gasteiger partial charge in [0.25, 0.3) is 0 Å². The first-order chi connectivity index (χ1) is 11.6. The van der Waals surface area contributed by atoms with Gasteiger partial charge in [-0.3, -0.25) is 9.59 Å². The Morgan fingerprint density at radius 1 is 1.17 bits per heavy atom. The largest absolute Gasteiger partial charge is 0.481 e. The second-order valence-corrected chi connectivity index (χ2v) is 6.54. The molecule has 1 aromatic rings. The second-order valence-electron chi connectivity index (χ2n) is 6.54. The van der Waals surface area contributed by atoms with E-state index >= 15 is 0 Å². The lowest BCUT2D eigenvalue weighted by atomic mass is 9.86. The van der Waals surface area contributed by atoms with Crippen LogP contribution in [-0.2, 0) is 27.4 Å². The molecule has 0 bridgehead atoms. The smallest absolute Gasteiger partial charge is 0.308 e. The minimum atomic E-state index is -0.802. The van der Waals surface area contributed by atoms with Crippen molar-refractivity contribution in [2.45, 2.75) is 57.6 Å². The zero-order valence-corrected chi connectivity index (χ0v) is 14.3. The van der Waals surface area contributed by atoms with Crippen LogP contribution in [0.25, 0.3) is 0 Å². The van der Waals surface area contributed by atoms with Crippen LogP contribution in [0.15, 0.2) is 24.3 Å². The van der Waals surface area contributed by atoms with E-state index in [4.69, 9.17) is 4.74 Å². The van der Waals surface area contributed by atoms with Gasteiger partial charge in [0.1, 0.15) is 0 Å². The number of benzene rings is 1. The number of hydrogen-bond acceptors (Lipinski definition) is 3. The van der Waals surface area contributed by atoms with Crippen LogP contribution >= 0.6 is 0 Å². The van der Waals surface area contributed by atoms with Gasteiger partial charge >= 0.3 is 5.97 Å². The van der Waals surface area contributed by atoms with Crippen LogP contribution < -0.4 is 5.32 Å². The number of carboxylic acids is 1. The molecular weight excluding hydrogens is 306 g/mol. The summed E-state index contributed by atoms with van der Waals surface area (Å²) < 4.78 is 5.11. The van der Waals surface area contributed by atoms with Crippen molar-refractivity contribution in [1.82, 2.24) is 5.32 Å². The van der Waals surface area contributed by atoms with Crippen LogP contribution in [0.3, 0.4) is 0 Å². The predicted octanol–water partition coefficient (Wildman–Crippen LogP) is 2.92. The molecule has 24 heavy (non-hydrogen) atoms. The number of rotatable bonds is 6. The van der Waals surface area contributed by atoms with Crippen LogP contribution in [0, 0.1) is 5.92 Å². The Morgan fingerprint density at radius 2 is 1.88 bits per heavy atom. The Bertz CT molecular complexity index is 558. The summed E-state index contributed by atoms with van der Waals surface area (Å²) in [6, 6.07) is 7.46. The molecule has 2 rings (SSSR count). The lowest BCUT2D eigenvalue weighted by Crippen LogP contribution is -2.44. The number of ether oxygens (including phenoxy) is 1. The lowest BCUT2D eigenvalue weighted by Gasteiger charge is -2.27. The van der Waals surface area contributed by atoms with Gasteiger partial charge in [-0.2, -0.15) is 0 Å². The fourth-order valence-electron chi connectivity index (χ4n) is 3.39. The third-order valence-electron chi connectivity index (χ3n) is 4.60. The van der Waals surface area contributed by atoms with Crippen molar-refractivity contribution < 1.29 is 19.4 Å². The van der Waals surface area contributed by atoms with Gasteiger partial charge in [-0.15, -0.1) is 0 Å². The van der Waals surface area contributed by atoms with Gasteiger partial charge in [0.15, 0.2) is 0 Å². The molecule has 0 spiro atoms. The van der Waals surface area contributed by atoms with Crippen molar-refractivity contribution in [3.63, 3.8) is 0 Å². The van der Waals surface area contributed by atoms with Crippen molar-refractivity contribution in [2.75, 3.05) is 7.11 Å². The van der Waals surface area contributed by atoms with E-state index in [1.54, 1.807) is 7.11 Å². The Kier molecular flexibility index (Phi) is 7.25. The van der Waals surface area contributed by atoms with Crippen molar-refractivity contribution in [1.29, 1.82) is 0 Å². The molecule has 1 fully saturated rings. The summed E-state index contributed by atoms with van der Waals surface area (Å²) in [6.45, 7) is 0.513. The summed E-state index contributed by atoms with van der Waals surface area (Å²) in [5.41, 5.74) is 1.94. The van der Waals surface area contributed by atoms with E-state index in [0.717, 1.165) is 43.2 Å². The van der Waals surface area contributed by atoms with E-state index < -0.39 is 11.9 Å². The Hall–Kier alpha value is -1.88. The molecule has 0 radical (unpaired) electrons. The summed E-state index contributed by atoms with van der Waals surface area (Å²) in [4.78, 5) is 23.9. The molecule has 2 unspecified atom stereocenters. The average molecular weight is 333 g/mol. The molecule has 0 aliphatic heterocycles. The van der Waals surface area contributed by atoms with Gasteiger partial charge in [0.2, 0.25) is 5.91 Å². The molecular formula is C19H27NO4. The molecule has 2 atom stereocenters. The zero-order valence-electron chi connectivity index (χ0n) is 14.3. The van der Waals surface area contributed by atoms with E-state index in [1.807, 2.05) is 24.3 Å². The molecule has 0 heterocycles. The van der Waals surface area contributed by atoms with Gasteiger partial charge < -0.3 is 15.2 Å². The standard InChI is InChI=1S/C19H27NO4/c1-24-13-15-8-6-7-14(11-15)12-18(21)20-17-10-5-3-2-4-9-16(17)19(22)23/h6-8,11,16-17H,2-5,9-10,12-13H2,1H3,(H,20,21)(H,22,23). The lowest BCUT2D eigenvalue weighted by molar-refractivity contribution is -0.143. The fraction of sp³-hybridized carbons (Fsp3) is 0.579. The molecule has 1 aliphatic carbocycles. The quantitative estimate of drug-likeness (QED) is 0.839. The topological polar surface area (TPSA) is 75.6 Å². The first-order valence-corrected chi connectivity index (χ1v) is 8.69. The Labute approximate surface area is 143 Å². The number of nitrogens with one attached hydrogen (secondary N) is 1. The Morgan fingerprint density at radius 3 is 2.58 bits per heavy atom. The average Bonchev–Trinajstić information content (AvgIpc) is 2.50. The third-order valence-corrected chi connectivity index (χ3v) is 4.60. The maximum atomic E-state index is 12.4. The predicted molar refractivity (Wildman–Crippen MR) is 91.6 cm³/mol. The van der Waals surface area contributed by atoms with Crippen LogP contribution in [0.4, 0.5) is 0 Å². The molecule has 2 N–H and O–H groups in total. The van der Waals surface area contributed by atoms with Crippen LogP contribution in [-0.4, -0.2) is 30.1 Å². The normalized spacial score (nSPS) is 21.5. The van der Waals surface area contributed by atoms with Gasteiger partial charge in [0, 0.05) is 13.2 Å². The van der Waals surface area contributed by atoms with Gasteiger partial charge in [-0.1, -0.05) is 49.9 Å². The SMILES string of the molecule is COCc1cccc(CC(=O)NC2CCCCCCC2C(=O)O)c1. The molecule has 5 nitrogen and oxygen atoms in total. The van der Waals surface area contributed by atoms with Gasteiger partial charge in [-0.25, -0.2) is 0 Å². The maximum Gasteiger partial charge on any atom is 0.308 e. The Balaban J connectivity index is 1.98. The summed E-state index contributed by atoms with van der Waals surface area (Å²) in [6.07, 6.45) is 5.73. The van der Waals surface area contributed by atoms with E-state index in [2.05, 4.69) is 5.32 Å². The monoisotopic (exact) mass is 333 g/mol. The third kappa shape index (κ3) is 5.64. The summed E-state index contributed by atoms with van der Waals surface area (Å²) >= 11 is 0. The molecule has 1 amide bonds. The highest BCUT2D eigenvalue weighted by atomic mass is 16.5. The molecule has 132 valence electrons. The van der Waals surface area contributed by atoms with E-state index in [1.165, 1.54) is 0 Å². The summed E-state index contributed by atoms with van der Waals surface area (Å²) in [5.74, 6) is -1.39. The summed E-state index contributed by atoms with van der Waals surface area (Å²) in [7, 11) is 1.64. The fourth-order valence-corrected chi connectivity index (χ4v) is 3.39. The molecule has 0 aromatic heterocycles. The number of hydrogen-bond donors (Lipinski definition) is 2. The molecule has 5 heteroatoms. The molecule has 1 saturated carbocycles. The van der Waals surface area contributed by atoms with Crippen LogP contribution in [0.1, 0.15) is 49.7 Å². The van der Waals surface area contributed by atoms with E-state index in [-0.39, 0.29) is 18.4 Å². The molecule has 1 aliphatic rings. The number of carboxylic acid groups (broad SMARTS) is 1. The number of amides is 1. The highest BCUT2D eigenvalue weighted by Gasteiger charge is 2.29. The van der Waals surface area contributed by atoms with Crippen molar-refractivity contribution in [3.8, 4) is 0 Å². The van der Waals surface area contributed by atoms with Crippen LogP contribution in [0.2, 0.25) is 0 Å². The highest BCUT2D eigenvalue weighted by molar-refractivity contribution is 5.80. The molecule has 1 aromatic carbocycles. The highest BCUT2D eigenvalue weighted by Crippen LogP contribution is 2.23. The maximum absolute atomic E-state index is 12.4. The van der Waals surface area contributed by atoms with Crippen molar-refractivity contribution in [3.05, 3.63) is 35.4 Å². The van der Waals surface area contributed by atoms with Crippen molar-refractivity contribution >= 4 is 11.9 Å². The second kappa shape index (κ2) is 9.42.